The van der Waals surface area contributed by atoms with Gasteiger partial charge >= 0.3 is 6.18 Å². The van der Waals surface area contributed by atoms with Crippen LogP contribution in [0.5, 0.6) is 0 Å². The molecule has 1 fully saturated rings. The summed E-state index contributed by atoms with van der Waals surface area (Å²) < 4.78 is 39.3. The topological polar surface area (TPSA) is 38.0 Å². The molecule has 0 bridgehead atoms. The van der Waals surface area contributed by atoms with Crippen molar-refractivity contribution in [2.45, 2.75) is 30.2 Å². The minimum atomic E-state index is -4.47. The quantitative estimate of drug-likeness (QED) is 0.797. The normalized spacial score (nSPS) is 17.1. The van der Waals surface area contributed by atoms with E-state index in [4.69, 9.17) is 5.73 Å². The molecule has 1 aliphatic carbocycles. The second-order valence-electron chi connectivity index (χ2n) is 5.22. The van der Waals surface area contributed by atoms with Crippen molar-refractivity contribution in [1.29, 1.82) is 0 Å². The van der Waals surface area contributed by atoms with Gasteiger partial charge in [-0.15, -0.1) is 0 Å². The number of anilines is 1. The molecule has 21 heavy (non-hydrogen) atoms. The lowest BCUT2D eigenvalue weighted by Crippen LogP contribution is -2.40. The molecule has 0 amide bonds. The molecule has 2 nitrogen and oxygen atoms in total. The molecule has 0 aromatic heterocycles. The SMILES string of the molecule is CSC1(CNc2ccc(C(N)=S)c(C(F)(F)F)c2)CCC1. The minimum absolute atomic E-state index is 0.133. The fraction of sp³-hybridized carbons (Fsp3) is 0.500. The summed E-state index contributed by atoms with van der Waals surface area (Å²) in [6, 6.07) is 4.01. The Balaban J connectivity index is 2.20. The summed E-state index contributed by atoms with van der Waals surface area (Å²) >= 11 is 6.46. The Labute approximate surface area is 131 Å². The van der Waals surface area contributed by atoms with Crippen LogP contribution in [0.1, 0.15) is 30.4 Å². The van der Waals surface area contributed by atoms with Crippen molar-refractivity contribution in [2.24, 2.45) is 5.73 Å². The number of hydrogen-bond donors (Lipinski definition) is 2. The van der Waals surface area contributed by atoms with Crippen LogP contribution >= 0.6 is 24.0 Å². The van der Waals surface area contributed by atoms with Crippen LogP contribution in [0.4, 0.5) is 18.9 Å². The van der Waals surface area contributed by atoms with E-state index < -0.39 is 11.7 Å². The van der Waals surface area contributed by atoms with E-state index in [2.05, 4.69) is 17.5 Å². The third kappa shape index (κ3) is 3.63. The summed E-state index contributed by atoms with van der Waals surface area (Å²) in [6.45, 7) is 0.665. The summed E-state index contributed by atoms with van der Waals surface area (Å²) in [7, 11) is 0. The molecule has 1 saturated carbocycles. The molecule has 0 unspecified atom stereocenters. The number of thioether (sulfide) groups is 1. The largest absolute Gasteiger partial charge is 0.417 e. The number of nitrogens with two attached hydrogens (primary N) is 1. The monoisotopic (exact) mass is 334 g/mol. The van der Waals surface area contributed by atoms with E-state index in [-0.39, 0.29) is 15.3 Å². The maximum atomic E-state index is 13.1. The maximum absolute atomic E-state index is 13.1. The zero-order valence-electron chi connectivity index (χ0n) is 11.6. The summed E-state index contributed by atoms with van der Waals surface area (Å²) in [4.78, 5) is -0.242. The minimum Gasteiger partial charge on any atom is -0.389 e. The second-order valence-corrected chi connectivity index (χ2v) is 6.93. The number of alkyl halides is 3. The molecule has 0 spiro atoms. The molecule has 1 aromatic carbocycles. The third-order valence-corrected chi connectivity index (χ3v) is 5.54. The Morgan fingerprint density at radius 1 is 1.43 bits per heavy atom. The van der Waals surface area contributed by atoms with Crippen molar-refractivity contribution < 1.29 is 13.2 Å². The van der Waals surface area contributed by atoms with Gasteiger partial charge in [-0.3, -0.25) is 0 Å². The zero-order chi connectivity index (χ0) is 15.7. The molecule has 1 aromatic rings. The van der Waals surface area contributed by atoms with Gasteiger partial charge in [0.1, 0.15) is 4.99 Å². The predicted molar refractivity (Wildman–Crippen MR) is 85.9 cm³/mol. The highest BCUT2D eigenvalue weighted by atomic mass is 32.2. The first kappa shape index (κ1) is 16.4. The molecule has 0 heterocycles. The zero-order valence-corrected chi connectivity index (χ0v) is 13.2. The van der Waals surface area contributed by atoms with Gasteiger partial charge in [0.05, 0.1) is 5.56 Å². The van der Waals surface area contributed by atoms with Crippen molar-refractivity contribution >= 4 is 34.7 Å². The van der Waals surface area contributed by atoms with E-state index in [1.165, 1.54) is 12.5 Å². The van der Waals surface area contributed by atoms with Gasteiger partial charge in [-0.05, 0) is 37.3 Å². The number of rotatable bonds is 5. The molecule has 2 rings (SSSR count). The molecule has 3 N–H and O–H groups in total. The highest BCUT2D eigenvalue weighted by Gasteiger charge is 2.37. The van der Waals surface area contributed by atoms with Crippen LogP contribution in [-0.4, -0.2) is 22.5 Å². The van der Waals surface area contributed by atoms with Crippen molar-refractivity contribution in [3.05, 3.63) is 29.3 Å². The van der Waals surface area contributed by atoms with Gasteiger partial charge in [0, 0.05) is 22.5 Å². The molecule has 0 atom stereocenters. The molecule has 0 radical (unpaired) electrons. The molecule has 7 heteroatoms. The standard InChI is InChI=1S/C14H17F3N2S2/c1-21-13(5-2-6-13)8-19-9-3-4-10(12(18)20)11(7-9)14(15,16)17/h3-4,7,19H,2,5-6,8H2,1H3,(H2,18,20). The van der Waals surface area contributed by atoms with Crippen LogP contribution in [0.3, 0.4) is 0 Å². The fourth-order valence-corrected chi connectivity index (χ4v) is 3.48. The van der Waals surface area contributed by atoms with Crippen LogP contribution in [0.2, 0.25) is 0 Å². The first-order valence-electron chi connectivity index (χ1n) is 6.57. The molecular formula is C14H17F3N2S2. The Morgan fingerprint density at radius 3 is 2.52 bits per heavy atom. The lowest BCUT2D eigenvalue weighted by molar-refractivity contribution is -0.137. The van der Waals surface area contributed by atoms with Crippen LogP contribution in [-0.2, 0) is 6.18 Å². The van der Waals surface area contributed by atoms with Gasteiger partial charge < -0.3 is 11.1 Å². The Hall–Kier alpha value is -0.950. The summed E-state index contributed by atoms with van der Waals surface area (Å²) in [6.07, 6.45) is 0.940. The Bertz CT molecular complexity index is 534. The number of thiocarbonyl (C=S) groups is 1. The van der Waals surface area contributed by atoms with E-state index in [1.54, 1.807) is 17.8 Å². The van der Waals surface area contributed by atoms with Gasteiger partial charge in [0.25, 0.3) is 0 Å². The van der Waals surface area contributed by atoms with E-state index >= 15 is 0 Å². The van der Waals surface area contributed by atoms with Crippen LogP contribution in [0.25, 0.3) is 0 Å². The van der Waals surface area contributed by atoms with Crippen LogP contribution in [0, 0.1) is 0 Å². The van der Waals surface area contributed by atoms with Crippen molar-refractivity contribution in [3.63, 3.8) is 0 Å². The van der Waals surface area contributed by atoms with Crippen molar-refractivity contribution in [2.75, 3.05) is 18.1 Å². The van der Waals surface area contributed by atoms with Crippen LogP contribution in [0.15, 0.2) is 18.2 Å². The van der Waals surface area contributed by atoms with Crippen molar-refractivity contribution in [1.82, 2.24) is 0 Å². The Morgan fingerprint density at radius 2 is 2.10 bits per heavy atom. The number of benzene rings is 1. The summed E-state index contributed by atoms with van der Waals surface area (Å²) in [5.41, 5.74) is 4.89. The predicted octanol–water partition coefficient (Wildman–Crippen LogP) is 4.04. The third-order valence-electron chi connectivity index (χ3n) is 3.90. The number of halogens is 3. The van der Waals surface area contributed by atoms with Gasteiger partial charge in [-0.1, -0.05) is 18.6 Å². The first-order valence-corrected chi connectivity index (χ1v) is 8.21. The van der Waals surface area contributed by atoms with Crippen LogP contribution < -0.4 is 11.1 Å². The molecule has 1 aliphatic rings. The van der Waals surface area contributed by atoms with E-state index in [1.807, 2.05) is 6.26 Å². The lowest BCUT2D eigenvalue weighted by atomic mass is 9.84. The summed E-state index contributed by atoms with van der Waals surface area (Å²) in [5, 5.41) is 3.11. The molecule has 0 aliphatic heterocycles. The van der Waals surface area contributed by atoms with Gasteiger partial charge in [-0.25, -0.2) is 0 Å². The van der Waals surface area contributed by atoms with Crippen molar-refractivity contribution in [3.8, 4) is 0 Å². The second kappa shape index (κ2) is 6.04. The smallest absolute Gasteiger partial charge is 0.389 e. The lowest BCUT2D eigenvalue weighted by Gasteiger charge is -2.40. The summed E-state index contributed by atoms with van der Waals surface area (Å²) in [5.74, 6) is 0. The molecule has 116 valence electrons. The molecule has 0 saturated heterocycles. The van der Waals surface area contributed by atoms with E-state index in [9.17, 15) is 13.2 Å². The van der Waals surface area contributed by atoms with E-state index in [0.29, 0.717) is 12.2 Å². The molecular weight excluding hydrogens is 317 g/mol. The van der Waals surface area contributed by atoms with Gasteiger partial charge in [-0.2, -0.15) is 24.9 Å². The highest BCUT2D eigenvalue weighted by Crippen LogP contribution is 2.43. The van der Waals surface area contributed by atoms with Gasteiger partial charge in [0.2, 0.25) is 0 Å². The number of nitrogens with one attached hydrogen (secondary N) is 1. The van der Waals surface area contributed by atoms with Gasteiger partial charge in [0.15, 0.2) is 0 Å². The Kier molecular flexibility index (Phi) is 4.72. The fourth-order valence-electron chi connectivity index (χ4n) is 2.39. The average molecular weight is 334 g/mol. The highest BCUT2D eigenvalue weighted by molar-refractivity contribution is 8.00. The first-order chi connectivity index (χ1) is 9.77. The number of hydrogen-bond acceptors (Lipinski definition) is 3. The average Bonchev–Trinajstić information content (AvgIpc) is 2.36. The maximum Gasteiger partial charge on any atom is 0.417 e. The van der Waals surface area contributed by atoms with E-state index in [0.717, 1.165) is 18.9 Å².